The summed E-state index contributed by atoms with van der Waals surface area (Å²) in [6, 6.07) is 7.22. The topological polar surface area (TPSA) is 129 Å². The van der Waals surface area contributed by atoms with Gasteiger partial charge in [-0.15, -0.1) is 0 Å². The first-order valence-electron chi connectivity index (χ1n) is 9.53. The van der Waals surface area contributed by atoms with Gasteiger partial charge in [-0.05, 0) is 51.0 Å². The van der Waals surface area contributed by atoms with Gasteiger partial charge in [0.25, 0.3) is 0 Å². The number of rotatable bonds is 5. The van der Waals surface area contributed by atoms with Gasteiger partial charge in [-0.2, -0.15) is 9.41 Å². The molecule has 11 heteroatoms. The van der Waals surface area contributed by atoms with Gasteiger partial charge in [0.1, 0.15) is 17.1 Å². The molecule has 0 unspecified atom stereocenters. The van der Waals surface area contributed by atoms with Crippen molar-refractivity contribution in [1.82, 2.24) is 9.73 Å². The zero-order valence-corrected chi connectivity index (χ0v) is 18.5. The van der Waals surface area contributed by atoms with E-state index >= 15 is 0 Å². The average Bonchev–Trinajstić information content (AvgIpc) is 2.71. The maximum atomic E-state index is 12.7. The number of carbonyl (C=O) groups excluding carboxylic acids is 1. The number of piperidine rings is 1. The molecule has 0 bridgehead atoms. The fourth-order valence-corrected chi connectivity index (χ4v) is 4.92. The summed E-state index contributed by atoms with van der Waals surface area (Å²) in [5, 5.41) is 14.3. The van der Waals surface area contributed by atoms with Crippen LogP contribution in [-0.4, -0.2) is 42.5 Å². The van der Waals surface area contributed by atoms with E-state index in [0.29, 0.717) is 17.9 Å². The van der Waals surface area contributed by atoms with Crippen LogP contribution in [0.25, 0.3) is 0 Å². The Morgan fingerprint density at radius 3 is 2.45 bits per heavy atom. The lowest BCUT2D eigenvalue weighted by Gasteiger charge is -2.30. The summed E-state index contributed by atoms with van der Waals surface area (Å²) >= 11 is 5.82. The molecule has 0 radical (unpaired) electrons. The molecule has 1 saturated heterocycles. The van der Waals surface area contributed by atoms with E-state index < -0.39 is 21.6 Å². The van der Waals surface area contributed by atoms with E-state index in [2.05, 4.69) is 10.5 Å². The molecule has 1 aromatic heterocycles. The normalized spacial score (nSPS) is 16.3. The van der Waals surface area contributed by atoms with E-state index in [4.69, 9.17) is 16.0 Å². The lowest BCUT2D eigenvalue weighted by atomic mass is 9.98. The predicted molar refractivity (Wildman–Crippen MR) is 115 cm³/mol. The van der Waals surface area contributed by atoms with E-state index in [9.17, 15) is 23.1 Å². The summed E-state index contributed by atoms with van der Waals surface area (Å²) in [5.74, 6) is -0.858. The standard InChI is InChI=1S/C20H22ClN3O6S/c1-12-11-17(25)18(20(27)30-12)13(2)22-23-19(26)14-7-9-24(10-8-14)31(28,29)16-5-3-15(21)4-6-16/h3-6,11,14,25H,7-10H2,1-2H3,(H,23,26). The van der Waals surface area contributed by atoms with E-state index in [1.54, 1.807) is 0 Å². The van der Waals surface area contributed by atoms with Gasteiger partial charge < -0.3 is 9.52 Å². The zero-order chi connectivity index (χ0) is 22.8. The number of hydrogen-bond acceptors (Lipinski definition) is 7. The molecule has 1 fully saturated rings. The second-order valence-corrected chi connectivity index (χ2v) is 9.58. The first kappa shape index (κ1) is 23.0. The van der Waals surface area contributed by atoms with E-state index in [1.807, 2.05) is 0 Å². The van der Waals surface area contributed by atoms with Crippen molar-refractivity contribution < 1.29 is 22.7 Å². The summed E-state index contributed by atoms with van der Waals surface area (Å²) in [6.45, 7) is 3.36. The minimum Gasteiger partial charge on any atom is -0.507 e. The molecule has 1 amide bonds. The molecular formula is C20H22ClN3O6S. The van der Waals surface area contributed by atoms with Crippen LogP contribution in [0.15, 0.2) is 49.5 Å². The summed E-state index contributed by atoms with van der Waals surface area (Å²) in [5.41, 5.74) is 1.60. The fourth-order valence-electron chi connectivity index (χ4n) is 3.33. The molecule has 9 nitrogen and oxygen atoms in total. The van der Waals surface area contributed by atoms with Gasteiger partial charge in [-0.3, -0.25) is 4.79 Å². The predicted octanol–water partition coefficient (Wildman–Crippen LogP) is 2.25. The highest BCUT2D eigenvalue weighted by Gasteiger charge is 2.32. The van der Waals surface area contributed by atoms with Crippen LogP contribution in [0, 0.1) is 12.8 Å². The minimum absolute atomic E-state index is 0.0994. The number of hydrogen-bond donors (Lipinski definition) is 2. The van der Waals surface area contributed by atoms with Crippen molar-refractivity contribution >= 4 is 33.2 Å². The molecule has 1 aromatic carbocycles. The number of hydrazone groups is 1. The highest BCUT2D eigenvalue weighted by atomic mass is 35.5. The first-order chi connectivity index (χ1) is 14.6. The molecular weight excluding hydrogens is 446 g/mol. The number of carbonyl (C=O) groups is 1. The minimum atomic E-state index is -3.66. The molecule has 2 aromatic rings. The maximum Gasteiger partial charge on any atom is 0.348 e. The monoisotopic (exact) mass is 467 g/mol. The Morgan fingerprint density at radius 1 is 1.26 bits per heavy atom. The lowest BCUT2D eigenvalue weighted by molar-refractivity contribution is -0.126. The highest BCUT2D eigenvalue weighted by Crippen LogP contribution is 2.25. The Balaban J connectivity index is 1.62. The molecule has 2 heterocycles. The van der Waals surface area contributed by atoms with E-state index in [1.165, 1.54) is 48.5 Å². The summed E-state index contributed by atoms with van der Waals surface area (Å²) in [4.78, 5) is 24.5. The Bertz CT molecular complexity index is 1170. The second-order valence-electron chi connectivity index (χ2n) is 7.21. The molecule has 0 aliphatic carbocycles. The van der Waals surface area contributed by atoms with Crippen molar-refractivity contribution in [2.24, 2.45) is 11.0 Å². The van der Waals surface area contributed by atoms with Crippen LogP contribution in [0.4, 0.5) is 0 Å². The SMILES string of the molecule is CC(=NNC(=O)C1CCN(S(=O)(=O)c2ccc(Cl)cc2)CC1)c1c(O)cc(C)oc1=O. The third kappa shape index (κ3) is 5.15. The third-order valence-corrected chi connectivity index (χ3v) is 7.19. The Labute approximate surface area is 184 Å². The molecule has 1 aliphatic heterocycles. The van der Waals surface area contributed by atoms with Gasteiger partial charge in [0.05, 0.1) is 10.6 Å². The third-order valence-electron chi connectivity index (χ3n) is 5.03. The van der Waals surface area contributed by atoms with Crippen LogP contribution in [-0.2, 0) is 14.8 Å². The van der Waals surface area contributed by atoms with Crippen molar-refractivity contribution in [2.45, 2.75) is 31.6 Å². The number of aromatic hydroxyl groups is 1. The van der Waals surface area contributed by atoms with Crippen molar-refractivity contribution in [3.8, 4) is 5.75 Å². The van der Waals surface area contributed by atoms with Crippen molar-refractivity contribution in [2.75, 3.05) is 13.1 Å². The lowest BCUT2D eigenvalue weighted by Crippen LogP contribution is -2.42. The largest absolute Gasteiger partial charge is 0.507 e. The first-order valence-corrected chi connectivity index (χ1v) is 11.4. The summed E-state index contributed by atoms with van der Waals surface area (Å²) in [6.07, 6.45) is 0.649. The number of nitrogens with zero attached hydrogens (tertiary/aromatic N) is 2. The van der Waals surface area contributed by atoms with E-state index in [-0.39, 0.29) is 46.7 Å². The highest BCUT2D eigenvalue weighted by molar-refractivity contribution is 7.89. The second kappa shape index (κ2) is 9.21. The van der Waals surface area contributed by atoms with Crippen LogP contribution in [0.5, 0.6) is 5.75 Å². The summed E-state index contributed by atoms with van der Waals surface area (Å²) in [7, 11) is -3.66. The van der Waals surface area contributed by atoms with Gasteiger partial charge in [-0.1, -0.05) is 11.6 Å². The molecule has 0 spiro atoms. The molecule has 166 valence electrons. The molecule has 31 heavy (non-hydrogen) atoms. The smallest absolute Gasteiger partial charge is 0.348 e. The number of sulfonamides is 1. The van der Waals surface area contributed by atoms with Gasteiger partial charge in [0, 0.05) is 30.1 Å². The van der Waals surface area contributed by atoms with Crippen LogP contribution >= 0.6 is 11.6 Å². The number of amides is 1. The van der Waals surface area contributed by atoms with Crippen molar-refractivity contribution in [1.29, 1.82) is 0 Å². The van der Waals surface area contributed by atoms with Gasteiger partial charge in [0.2, 0.25) is 15.9 Å². The average molecular weight is 468 g/mol. The Hall–Kier alpha value is -2.69. The number of aryl methyl sites for hydroxylation is 1. The molecule has 1 aliphatic rings. The van der Waals surface area contributed by atoms with E-state index in [0.717, 1.165) is 0 Å². The van der Waals surface area contributed by atoms with Crippen LogP contribution in [0.2, 0.25) is 5.02 Å². The molecule has 0 atom stereocenters. The number of nitrogens with one attached hydrogen (secondary N) is 1. The van der Waals surface area contributed by atoms with Crippen molar-refractivity contribution in [3.05, 3.63) is 57.1 Å². The van der Waals surface area contributed by atoms with Crippen LogP contribution < -0.4 is 11.1 Å². The quantitative estimate of drug-likeness (QED) is 0.512. The van der Waals surface area contributed by atoms with Gasteiger partial charge in [0.15, 0.2) is 0 Å². The molecule has 2 N–H and O–H groups in total. The number of halogens is 1. The van der Waals surface area contributed by atoms with Gasteiger partial charge >= 0.3 is 5.63 Å². The fraction of sp³-hybridized carbons (Fsp3) is 0.350. The Kier molecular flexibility index (Phi) is 6.83. The zero-order valence-electron chi connectivity index (χ0n) is 17.0. The maximum absolute atomic E-state index is 12.7. The molecule has 3 rings (SSSR count). The molecule has 0 saturated carbocycles. The summed E-state index contributed by atoms with van der Waals surface area (Å²) < 4.78 is 31.7. The Morgan fingerprint density at radius 2 is 1.87 bits per heavy atom. The van der Waals surface area contributed by atoms with Crippen molar-refractivity contribution in [3.63, 3.8) is 0 Å². The van der Waals surface area contributed by atoms with Crippen LogP contribution in [0.1, 0.15) is 31.1 Å². The van der Waals surface area contributed by atoms with Gasteiger partial charge in [-0.25, -0.2) is 18.6 Å². The van der Waals surface area contributed by atoms with Crippen LogP contribution in [0.3, 0.4) is 0 Å². The number of benzene rings is 1.